The summed E-state index contributed by atoms with van der Waals surface area (Å²) < 4.78 is 12.7. The van der Waals surface area contributed by atoms with E-state index in [-0.39, 0.29) is 6.61 Å². The largest absolute Gasteiger partial charge is 0.462 e. The lowest BCUT2D eigenvalue weighted by atomic mass is 9.77. The number of esters is 1. The molecule has 35 heavy (non-hydrogen) atoms. The quantitative estimate of drug-likeness (QED) is 0.223. The number of rotatable bonds is 7. The molecule has 0 atom stereocenters. The molecule has 0 saturated carbocycles. The van der Waals surface area contributed by atoms with E-state index in [2.05, 4.69) is 51.1 Å². The summed E-state index contributed by atoms with van der Waals surface area (Å²) in [5.41, 5.74) is 3.69. The zero-order valence-corrected chi connectivity index (χ0v) is 19.6. The maximum atomic E-state index is 12.6. The molecule has 6 nitrogen and oxygen atoms in total. The van der Waals surface area contributed by atoms with Crippen LogP contribution in [0.3, 0.4) is 0 Å². The second-order valence-corrected chi connectivity index (χ2v) is 8.16. The van der Waals surface area contributed by atoms with Crippen molar-refractivity contribution in [3.05, 3.63) is 132 Å². The lowest BCUT2D eigenvalue weighted by molar-refractivity contribution is 0.0525. The first-order chi connectivity index (χ1) is 17.2. The molecule has 0 fully saturated rings. The molecule has 0 N–H and O–H groups in total. The third-order valence-corrected chi connectivity index (χ3v) is 6.13. The van der Waals surface area contributed by atoms with Crippen LogP contribution in [-0.4, -0.2) is 27.3 Å². The maximum absolute atomic E-state index is 12.6. The minimum atomic E-state index is -0.710. The minimum Gasteiger partial charge on any atom is -0.462 e. The predicted octanol–water partition coefficient (Wildman–Crippen LogP) is 5.86. The average molecular weight is 464 g/mol. The minimum absolute atomic E-state index is 0.260. The average Bonchev–Trinajstić information content (AvgIpc) is 3.54. The zero-order valence-electron chi connectivity index (χ0n) is 19.6. The lowest BCUT2D eigenvalue weighted by Crippen LogP contribution is -2.36. The monoisotopic (exact) mass is 463 g/mol. The topological polar surface area (TPSA) is 70.2 Å². The fourth-order valence-corrected chi connectivity index (χ4v) is 4.60. The molecule has 6 heteroatoms. The first-order valence-electron chi connectivity index (χ1n) is 11.5. The maximum Gasteiger partial charge on any atom is 0.344 e. The summed E-state index contributed by atoms with van der Waals surface area (Å²) in [5, 5.41) is 4.15. The molecule has 0 aliphatic heterocycles. The van der Waals surface area contributed by atoms with Crippen LogP contribution in [0.25, 0.3) is 11.4 Å². The van der Waals surface area contributed by atoms with Crippen LogP contribution in [0, 0.1) is 6.92 Å². The van der Waals surface area contributed by atoms with Crippen molar-refractivity contribution in [3.8, 4) is 11.4 Å². The van der Waals surface area contributed by atoms with Crippen LogP contribution in [0.4, 0.5) is 0 Å². The van der Waals surface area contributed by atoms with Crippen molar-refractivity contribution in [1.29, 1.82) is 0 Å². The molecular weight excluding hydrogens is 438 g/mol. The van der Waals surface area contributed by atoms with Gasteiger partial charge in [-0.15, -0.1) is 0 Å². The van der Waals surface area contributed by atoms with Crippen molar-refractivity contribution >= 4 is 5.97 Å². The zero-order chi connectivity index (χ0) is 24.3. The Morgan fingerprint density at radius 1 is 0.886 bits per heavy atom. The molecule has 0 aliphatic carbocycles. The number of hydrogen-bond donors (Lipinski definition) is 0. The Labute approximate surface area is 203 Å². The van der Waals surface area contributed by atoms with Gasteiger partial charge in [-0.05, 0) is 30.5 Å². The normalized spacial score (nSPS) is 11.4. The molecular formula is C29H25N3O3. The van der Waals surface area contributed by atoms with Gasteiger partial charge in [0.25, 0.3) is 0 Å². The Bertz CT molecular complexity index is 1330. The fraction of sp³-hybridized carbons (Fsp3) is 0.138. The van der Waals surface area contributed by atoms with Gasteiger partial charge >= 0.3 is 5.97 Å². The van der Waals surface area contributed by atoms with E-state index < -0.39 is 11.5 Å². The third kappa shape index (κ3) is 3.83. The van der Waals surface area contributed by atoms with Gasteiger partial charge in [0.1, 0.15) is 28.3 Å². The van der Waals surface area contributed by atoms with E-state index in [1.165, 1.54) is 0 Å². The number of hydrogen-bond acceptors (Lipinski definition) is 5. The first-order valence-corrected chi connectivity index (χ1v) is 11.5. The second-order valence-electron chi connectivity index (χ2n) is 8.16. The Balaban J connectivity index is 1.76. The van der Waals surface area contributed by atoms with Crippen LogP contribution in [-0.2, 0) is 10.3 Å². The number of aromatic nitrogens is 3. The van der Waals surface area contributed by atoms with Gasteiger partial charge in [0.05, 0.1) is 12.9 Å². The summed E-state index contributed by atoms with van der Waals surface area (Å²) in [6.45, 7) is 3.72. The van der Waals surface area contributed by atoms with Gasteiger partial charge in [0.2, 0.25) is 0 Å². The SMILES string of the molecule is CCOC(=O)c1c(-c2cn(C(c3ccccc3)(c3ccccc3)c3ccccc3)cn2)noc1C. The lowest BCUT2D eigenvalue weighted by Gasteiger charge is -2.37. The highest BCUT2D eigenvalue weighted by atomic mass is 16.5. The van der Waals surface area contributed by atoms with Crippen LogP contribution in [0.15, 0.2) is 108 Å². The van der Waals surface area contributed by atoms with E-state index in [4.69, 9.17) is 9.26 Å². The fourth-order valence-electron chi connectivity index (χ4n) is 4.60. The Morgan fingerprint density at radius 2 is 1.40 bits per heavy atom. The van der Waals surface area contributed by atoms with Crippen molar-refractivity contribution in [1.82, 2.24) is 14.7 Å². The summed E-state index contributed by atoms with van der Waals surface area (Å²) in [7, 11) is 0. The molecule has 0 spiro atoms. The van der Waals surface area contributed by atoms with E-state index in [0.29, 0.717) is 22.7 Å². The van der Waals surface area contributed by atoms with Crippen LogP contribution in [0.5, 0.6) is 0 Å². The first kappa shape index (κ1) is 22.3. The van der Waals surface area contributed by atoms with Crippen molar-refractivity contribution in [3.63, 3.8) is 0 Å². The van der Waals surface area contributed by atoms with Gasteiger partial charge in [-0.1, -0.05) is 96.2 Å². The van der Waals surface area contributed by atoms with Gasteiger partial charge < -0.3 is 13.8 Å². The number of nitrogens with zero attached hydrogens (tertiary/aromatic N) is 3. The highest BCUT2D eigenvalue weighted by Gasteiger charge is 2.39. The van der Waals surface area contributed by atoms with E-state index in [0.717, 1.165) is 16.7 Å². The summed E-state index contributed by atoms with van der Waals surface area (Å²) in [4.78, 5) is 17.3. The molecule has 2 heterocycles. The van der Waals surface area contributed by atoms with E-state index in [1.807, 2.05) is 60.8 Å². The van der Waals surface area contributed by atoms with E-state index >= 15 is 0 Å². The van der Waals surface area contributed by atoms with Crippen LogP contribution >= 0.6 is 0 Å². The molecule has 5 aromatic rings. The number of aryl methyl sites for hydroxylation is 1. The second kappa shape index (κ2) is 9.43. The Morgan fingerprint density at radius 3 is 1.89 bits per heavy atom. The van der Waals surface area contributed by atoms with Crippen LogP contribution in [0.1, 0.15) is 39.7 Å². The Hall–Kier alpha value is -4.45. The van der Waals surface area contributed by atoms with Gasteiger partial charge in [0, 0.05) is 6.20 Å². The van der Waals surface area contributed by atoms with E-state index in [1.54, 1.807) is 20.2 Å². The molecule has 0 aliphatic rings. The molecule has 5 rings (SSSR count). The number of imidazole rings is 1. The highest BCUT2D eigenvalue weighted by Crippen LogP contribution is 2.41. The van der Waals surface area contributed by atoms with Crippen LogP contribution in [0.2, 0.25) is 0 Å². The number of ether oxygens (including phenoxy) is 1. The highest BCUT2D eigenvalue weighted by molar-refractivity contribution is 5.96. The summed E-state index contributed by atoms with van der Waals surface area (Å²) in [6, 6.07) is 30.9. The predicted molar refractivity (Wildman–Crippen MR) is 133 cm³/mol. The van der Waals surface area contributed by atoms with Crippen molar-refractivity contribution < 1.29 is 14.1 Å². The smallest absolute Gasteiger partial charge is 0.344 e. The van der Waals surface area contributed by atoms with Gasteiger partial charge in [-0.2, -0.15) is 0 Å². The molecule has 0 amide bonds. The summed E-state index contributed by atoms with van der Waals surface area (Å²) >= 11 is 0. The summed E-state index contributed by atoms with van der Waals surface area (Å²) in [6.07, 6.45) is 3.69. The van der Waals surface area contributed by atoms with E-state index in [9.17, 15) is 4.79 Å². The molecule has 174 valence electrons. The third-order valence-electron chi connectivity index (χ3n) is 6.13. The molecule has 0 bridgehead atoms. The van der Waals surface area contributed by atoms with Gasteiger partial charge in [-0.3, -0.25) is 0 Å². The van der Waals surface area contributed by atoms with Gasteiger partial charge in [-0.25, -0.2) is 9.78 Å². The van der Waals surface area contributed by atoms with Gasteiger partial charge in [0.15, 0.2) is 0 Å². The standard InChI is InChI=1S/C29H25N3O3/c1-3-34-28(33)26-21(2)35-31-27(26)25-19-32(20-30-25)29(22-13-7-4-8-14-22,23-15-9-5-10-16-23)24-17-11-6-12-18-24/h4-20H,3H2,1-2H3. The molecule has 2 aromatic heterocycles. The number of carbonyl (C=O) groups is 1. The Kier molecular flexibility index (Phi) is 6.02. The molecule has 0 saturated heterocycles. The molecule has 0 unspecified atom stereocenters. The number of carbonyl (C=O) groups excluding carboxylic acids is 1. The van der Waals surface area contributed by atoms with Crippen molar-refractivity contribution in [2.45, 2.75) is 19.4 Å². The van der Waals surface area contributed by atoms with Crippen molar-refractivity contribution in [2.24, 2.45) is 0 Å². The summed E-state index contributed by atoms with van der Waals surface area (Å²) in [5.74, 6) is -0.0790. The van der Waals surface area contributed by atoms with Crippen LogP contribution < -0.4 is 0 Å². The van der Waals surface area contributed by atoms with Crippen molar-refractivity contribution in [2.75, 3.05) is 6.61 Å². The number of benzene rings is 3. The molecule has 0 radical (unpaired) electrons. The molecule has 3 aromatic carbocycles.